The Morgan fingerprint density at radius 2 is 0.912 bits per heavy atom. The van der Waals surface area contributed by atoms with Crippen LogP contribution in [0.25, 0.3) is 0 Å². The molecule has 0 bridgehead atoms. The second-order valence-corrected chi connectivity index (χ2v) is 9.21. The minimum Gasteiger partial charge on any atom is -0.467 e. The lowest BCUT2D eigenvalue weighted by molar-refractivity contribution is -0.297. The van der Waals surface area contributed by atoms with Crippen LogP contribution in [0.4, 0.5) is 0 Å². The van der Waals surface area contributed by atoms with Crippen LogP contribution in [0.3, 0.4) is 0 Å². The van der Waals surface area contributed by atoms with Gasteiger partial charge in [0.15, 0.2) is 18.3 Å². The topological polar surface area (TPSA) is 141 Å². The molecule has 1 rings (SSSR count). The Kier molecular flexibility index (Phi) is 10.9. The fraction of sp³-hybridized carbons (Fsp3) is 0.783. The van der Waals surface area contributed by atoms with Gasteiger partial charge in [0.25, 0.3) is 0 Å². The third-order valence-electron chi connectivity index (χ3n) is 4.80. The summed E-state index contributed by atoms with van der Waals surface area (Å²) in [7, 11) is 1.09. The SMILES string of the molecule is COC(=O)C1O[C@@H](OC(=O)C(C)C)C(OC(=O)C(C)C)C(OC(=O)C(C)C)[C@H]1OC(=O)C(C)C. The zero-order valence-corrected chi connectivity index (χ0v) is 21.2. The molecule has 1 aliphatic rings. The third kappa shape index (κ3) is 7.68. The van der Waals surface area contributed by atoms with Crippen LogP contribution in [-0.4, -0.2) is 67.7 Å². The molecule has 194 valence electrons. The number of carbonyl (C=O) groups excluding carboxylic acids is 5. The van der Waals surface area contributed by atoms with Crippen molar-refractivity contribution in [3.8, 4) is 0 Å². The van der Waals surface area contributed by atoms with Gasteiger partial charge in [0.1, 0.15) is 0 Å². The minimum absolute atomic E-state index is 0.588. The number of carbonyl (C=O) groups is 5. The maximum Gasteiger partial charge on any atom is 0.339 e. The molecule has 0 aromatic carbocycles. The van der Waals surface area contributed by atoms with Crippen LogP contribution >= 0.6 is 0 Å². The van der Waals surface area contributed by atoms with Gasteiger partial charge in [0.2, 0.25) is 12.4 Å². The molecule has 0 amide bonds. The molecule has 1 aliphatic heterocycles. The first-order valence-corrected chi connectivity index (χ1v) is 11.3. The Morgan fingerprint density at radius 3 is 1.29 bits per heavy atom. The average molecular weight is 489 g/mol. The third-order valence-corrected chi connectivity index (χ3v) is 4.80. The zero-order valence-electron chi connectivity index (χ0n) is 21.2. The molecular formula is C23H36O11. The summed E-state index contributed by atoms with van der Waals surface area (Å²) in [5.74, 6) is -6.24. The lowest BCUT2D eigenvalue weighted by Gasteiger charge is -2.43. The van der Waals surface area contributed by atoms with E-state index in [0.29, 0.717) is 0 Å². The molecule has 1 fully saturated rings. The highest BCUT2D eigenvalue weighted by molar-refractivity contribution is 5.78. The van der Waals surface area contributed by atoms with E-state index < -0.39 is 84.2 Å². The maximum absolute atomic E-state index is 12.6. The Morgan fingerprint density at radius 1 is 0.559 bits per heavy atom. The summed E-state index contributed by atoms with van der Waals surface area (Å²) >= 11 is 0. The molecule has 11 nitrogen and oxygen atoms in total. The van der Waals surface area contributed by atoms with Gasteiger partial charge in [-0.3, -0.25) is 19.2 Å². The lowest BCUT2D eigenvalue weighted by atomic mass is 9.97. The van der Waals surface area contributed by atoms with E-state index >= 15 is 0 Å². The summed E-state index contributed by atoms with van der Waals surface area (Å²) in [6.45, 7) is 12.6. The number of hydrogen-bond donors (Lipinski definition) is 0. The number of rotatable bonds is 9. The number of methoxy groups -OCH3 is 1. The quantitative estimate of drug-likeness (QED) is 0.346. The van der Waals surface area contributed by atoms with Gasteiger partial charge in [-0.2, -0.15) is 0 Å². The summed E-state index contributed by atoms with van der Waals surface area (Å²) in [4.78, 5) is 62.4. The van der Waals surface area contributed by atoms with Gasteiger partial charge in [-0.05, 0) is 0 Å². The van der Waals surface area contributed by atoms with Crippen molar-refractivity contribution in [1.82, 2.24) is 0 Å². The van der Waals surface area contributed by atoms with E-state index in [9.17, 15) is 24.0 Å². The van der Waals surface area contributed by atoms with E-state index in [1.165, 1.54) is 0 Å². The highest BCUT2D eigenvalue weighted by atomic mass is 16.7. The summed E-state index contributed by atoms with van der Waals surface area (Å²) in [6.07, 6.45) is -7.85. The van der Waals surface area contributed by atoms with Crippen LogP contribution < -0.4 is 0 Å². The molecule has 0 N–H and O–H groups in total. The van der Waals surface area contributed by atoms with E-state index in [2.05, 4.69) is 0 Å². The largest absolute Gasteiger partial charge is 0.467 e. The zero-order chi connectivity index (χ0) is 26.3. The van der Waals surface area contributed by atoms with Crippen molar-refractivity contribution in [2.75, 3.05) is 7.11 Å². The second-order valence-electron chi connectivity index (χ2n) is 9.21. The summed E-state index contributed by atoms with van der Waals surface area (Å²) < 4.78 is 32.4. The van der Waals surface area contributed by atoms with E-state index in [1.54, 1.807) is 55.4 Å². The van der Waals surface area contributed by atoms with Crippen molar-refractivity contribution < 1.29 is 52.4 Å². The molecular weight excluding hydrogens is 452 g/mol. The van der Waals surface area contributed by atoms with Crippen LogP contribution in [-0.2, 0) is 52.4 Å². The summed E-state index contributed by atoms with van der Waals surface area (Å²) in [6, 6.07) is 0. The Balaban J connectivity index is 3.61. The van der Waals surface area contributed by atoms with E-state index in [0.717, 1.165) is 7.11 Å². The van der Waals surface area contributed by atoms with E-state index in [1.807, 2.05) is 0 Å². The molecule has 3 unspecified atom stereocenters. The van der Waals surface area contributed by atoms with Crippen LogP contribution in [0.1, 0.15) is 55.4 Å². The summed E-state index contributed by atoms with van der Waals surface area (Å²) in [5, 5.41) is 0. The molecule has 34 heavy (non-hydrogen) atoms. The summed E-state index contributed by atoms with van der Waals surface area (Å²) in [5.41, 5.74) is 0. The molecule has 5 atom stereocenters. The van der Waals surface area contributed by atoms with Gasteiger partial charge in [-0.25, -0.2) is 4.79 Å². The molecule has 11 heteroatoms. The van der Waals surface area contributed by atoms with Crippen molar-refractivity contribution in [1.29, 1.82) is 0 Å². The van der Waals surface area contributed by atoms with Crippen molar-refractivity contribution >= 4 is 29.8 Å². The molecule has 0 aromatic heterocycles. The van der Waals surface area contributed by atoms with Crippen LogP contribution in [0, 0.1) is 23.7 Å². The Hall–Kier alpha value is -2.69. The first-order chi connectivity index (χ1) is 15.7. The smallest absolute Gasteiger partial charge is 0.339 e. The minimum atomic E-state index is -1.64. The van der Waals surface area contributed by atoms with Crippen molar-refractivity contribution in [3.63, 3.8) is 0 Å². The standard InChI is InChI=1S/C23H36O11/c1-10(2)18(24)30-14-15(31-19(25)11(3)4)17(32-20(26)12(5)6)23(34-21(27)13(7)8)33-16(14)22(28)29-9/h10-17,23H,1-9H3/t14-,15?,16?,17?,23+/m1/s1. The molecule has 0 saturated carbocycles. The van der Waals surface area contributed by atoms with Crippen LogP contribution in [0.2, 0.25) is 0 Å². The predicted octanol–water partition coefficient (Wildman–Crippen LogP) is 1.79. The van der Waals surface area contributed by atoms with Crippen molar-refractivity contribution in [2.45, 2.75) is 86.1 Å². The number of esters is 5. The van der Waals surface area contributed by atoms with Gasteiger partial charge >= 0.3 is 29.8 Å². The molecule has 0 spiro atoms. The highest BCUT2D eigenvalue weighted by Crippen LogP contribution is 2.32. The monoisotopic (exact) mass is 488 g/mol. The Labute approximate surface area is 199 Å². The molecule has 0 aliphatic carbocycles. The van der Waals surface area contributed by atoms with Gasteiger partial charge in [0, 0.05) is 0 Å². The molecule has 0 aromatic rings. The lowest BCUT2D eigenvalue weighted by Crippen LogP contribution is -2.64. The van der Waals surface area contributed by atoms with Gasteiger partial charge in [0.05, 0.1) is 30.8 Å². The van der Waals surface area contributed by atoms with Gasteiger partial charge < -0.3 is 28.4 Å². The van der Waals surface area contributed by atoms with Crippen LogP contribution in [0.15, 0.2) is 0 Å². The number of ether oxygens (including phenoxy) is 6. The van der Waals surface area contributed by atoms with Crippen LogP contribution in [0.5, 0.6) is 0 Å². The van der Waals surface area contributed by atoms with Gasteiger partial charge in [-0.1, -0.05) is 55.4 Å². The van der Waals surface area contributed by atoms with Gasteiger partial charge in [-0.15, -0.1) is 0 Å². The maximum atomic E-state index is 12.6. The molecule has 1 heterocycles. The second kappa shape index (κ2) is 12.7. The molecule has 0 radical (unpaired) electrons. The van der Waals surface area contributed by atoms with Crippen molar-refractivity contribution in [2.24, 2.45) is 23.7 Å². The molecule has 1 saturated heterocycles. The Bertz CT molecular complexity index is 756. The fourth-order valence-electron chi connectivity index (χ4n) is 2.66. The highest BCUT2D eigenvalue weighted by Gasteiger charge is 2.57. The first-order valence-electron chi connectivity index (χ1n) is 11.3. The normalized spacial score (nSPS) is 24.7. The number of hydrogen-bond acceptors (Lipinski definition) is 11. The average Bonchev–Trinajstić information content (AvgIpc) is 2.75. The van der Waals surface area contributed by atoms with Crippen molar-refractivity contribution in [3.05, 3.63) is 0 Å². The van der Waals surface area contributed by atoms with E-state index in [-0.39, 0.29) is 0 Å². The first kappa shape index (κ1) is 29.3. The predicted molar refractivity (Wildman–Crippen MR) is 116 cm³/mol. The van der Waals surface area contributed by atoms with E-state index in [4.69, 9.17) is 28.4 Å². The fourth-order valence-corrected chi connectivity index (χ4v) is 2.66.